The van der Waals surface area contributed by atoms with Crippen LogP contribution in [0.2, 0.25) is 0 Å². The Hall–Kier alpha value is -2.43. The van der Waals surface area contributed by atoms with Crippen LogP contribution in [0, 0.1) is 5.82 Å². The molecule has 1 amide bonds. The number of nitrogen functional groups attached to an aromatic ring is 1. The number of carbonyl (C=O) groups is 1. The highest BCUT2D eigenvalue weighted by atomic mass is 19.1. The van der Waals surface area contributed by atoms with Gasteiger partial charge in [-0.25, -0.2) is 9.37 Å². The summed E-state index contributed by atoms with van der Waals surface area (Å²) in [5, 5.41) is 0. The van der Waals surface area contributed by atoms with Gasteiger partial charge in [0.25, 0.3) is 5.91 Å². The first-order chi connectivity index (χ1) is 10.0. The molecule has 1 aromatic heterocycles. The molecule has 21 heavy (non-hydrogen) atoms. The summed E-state index contributed by atoms with van der Waals surface area (Å²) in [5.41, 5.74) is 7.27. The topological polar surface area (TPSA) is 59.2 Å². The predicted molar refractivity (Wildman–Crippen MR) is 80.2 cm³/mol. The van der Waals surface area contributed by atoms with Crippen molar-refractivity contribution in [1.82, 2.24) is 9.88 Å². The van der Waals surface area contributed by atoms with Crippen LogP contribution >= 0.6 is 0 Å². The number of benzene rings is 1. The molecule has 0 saturated heterocycles. The zero-order valence-electron chi connectivity index (χ0n) is 12.1. The van der Waals surface area contributed by atoms with E-state index < -0.39 is 0 Å². The largest absolute Gasteiger partial charge is 0.397 e. The van der Waals surface area contributed by atoms with Crippen molar-refractivity contribution in [2.45, 2.75) is 19.9 Å². The van der Waals surface area contributed by atoms with Gasteiger partial charge in [-0.3, -0.25) is 4.79 Å². The Morgan fingerprint density at radius 2 is 2.00 bits per heavy atom. The summed E-state index contributed by atoms with van der Waals surface area (Å²) >= 11 is 0. The molecule has 1 atom stereocenters. The van der Waals surface area contributed by atoms with Crippen LogP contribution in [0.4, 0.5) is 10.1 Å². The van der Waals surface area contributed by atoms with Crippen LogP contribution in [-0.2, 0) is 0 Å². The third-order valence-corrected chi connectivity index (χ3v) is 3.46. The second kappa shape index (κ2) is 6.35. The lowest BCUT2D eigenvalue weighted by atomic mass is 10.1. The highest BCUT2D eigenvalue weighted by Gasteiger charge is 2.23. The highest BCUT2D eigenvalue weighted by molar-refractivity contribution is 5.97. The molecule has 0 saturated carbocycles. The Bertz CT molecular complexity index is 628. The molecule has 0 aliphatic heterocycles. The maximum absolute atomic E-state index is 13.0. The summed E-state index contributed by atoms with van der Waals surface area (Å²) in [5.74, 6) is -0.526. The average molecular weight is 287 g/mol. The van der Waals surface area contributed by atoms with Crippen molar-refractivity contribution in [3.8, 4) is 0 Å². The van der Waals surface area contributed by atoms with Crippen molar-refractivity contribution in [1.29, 1.82) is 0 Å². The normalized spacial score (nSPS) is 12.0. The minimum Gasteiger partial charge on any atom is -0.397 e. The number of nitrogens with zero attached hydrogens (tertiary/aromatic N) is 2. The molecule has 1 heterocycles. The summed E-state index contributed by atoms with van der Waals surface area (Å²) in [6.07, 6.45) is 1.54. The fourth-order valence-corrected chi connectivity index (χ4v) is 2.25. The number of pyridine rings is 1. The van der Waals surface area contributed by atoms with Gasteiger partial charge in [0.1, 0.15) is 5.82 Å². The lowest BCUT2D eigenvalue weighted by Crippen LogP contribution is -2.34. The van der Waals surface area contributed by atoms with E-state index in [2.05, 4.69) is 4.98 Å². The molecule has 1 unspecified atom stereocenters. The van der Waals surface area contributed by atoms with Crippen LogP contribution in [0.15, 0.2) is 42.6 Å². The third kappa shape index (κ3) is 3.18. The summed E-state index contributed by atoms with van der Waals surface area (Å²) in [6.45, 7) is 4.29. The molecule has 0 aliphatic rings. The lowest BCUT2D eigenvalue weighted by molar-refractivity contribution is 0.0697. The molecule has 1 aromatic carbocycles. The van der Waals surface area contributed by atoms with Crippen LogP contribution in [0.3, 0.4) is 0 Å². The van der Waals surface area contributed by atoms with Gasteiger partial charge in [0.15, 0.2) is 5.69 Å². The van der Waals surface area contributed by atoms with E-state index in [9.17, 15) is 9.18 Å². The number of carbonyl (C=O) groups excluding carboxylic acids is 1. The van der Waals surface area contributed by atoms with Gasteiger partial charge in [0.2, 0.25) is 0 Å². The van der Waals surface area contributed by atoms with Gasteiger partial charge in [0, 0.05) is 12.7 Å². The van der Waals surface area contributed by atoms with Crippen LogP contribution in [-0.4, -0.2) is 22.3 Å². The standard InChI is InChI=1S/C16H18FN3O/c1-3-20(11(2)12-6-8-13(17)9-7-12)16(21)15-14(18)5-4-10-19-15/h4-11H,3,18H2,1-2H3. The van der Waals surface area contributed by atoms with Crippen LogP contribution in [0.1, 0.15) is 35.9 Å². The smallest absolute Gasteiger partial charge is 0.275 e. The molecule has 0 spiro atoms. The average Bonchev–Trinajstić information content (AvgIpc) is 2.49. The first kappa shape index (κ1) is 15.0. The fourth-order valence-electron chi connectivity index (χ4n) is 2.25. The Morgan fingerprint density at radius 3 is 2.57 bits per heavy atom. The number of hydrogen-bond donors (Lipinski definition) is 1. The first-order valence-corrected chi connectivity index (χ1v) is 6.81. The SMILES string of the molecule is CCN(C(=O)c1ncccc1N)C(C)c1ccc(F)cc1. The van der Waals surface area contributed by atoms with Gasteiger partial charge in [-0.05, 0) is 43.7 Å². The van der Waals surface area contributed by atoms with Crippen LogP contribution in [0.25, 0.3) is 0 Å². The molecule has 5 heteroatoms. The number of halogens is 1. The van der Waals surface area contributed by atoms with Crippen molar-refractivity contribution in [3.05, 3.63) is 59.7 Å². The molecule has 110 valence electrons. The van der Waals surface area contributed by atoms with Crippen molar-refractivity contribution in [2.24, 2.45) is 0 Å². The van der Waals surface area contributed by atoms with Crippen molar-refractivity contribution >= 4 is 11.6 Å². The molecule has 0 radical (unpaired) electrons. The quantitative estimate of drug-likeness (QED) is 0.940. The van der Waals surface area contributed by atoms with E-state index in [1.165, 1.54) is 12.1 Å². The number of anilines is 1. The van der Waals surface area contributed by atoms with Gasteiger partial charge in [0.05, 0.1) is 11.7 Å². The fraction of sp³-hybridized carbons (Fsp3) is 0.250. The second-order valence-electron chi connectivity index (χ2n) is 4.76. The second-order valence-corrected chi connectivity index (χ2v) is 4.76. The van der Waals surface area contributed by atoms with E-state index >= 15 is 0 Å². The number of nitrogens with two attached hydrogens (primary N) is 1. The number of rotatable bonds is 4. The molecular formula is C16H18FN3O. The summed E-state index contributed by atoms with van der Waals surface area (Å²) in [7, 11) is 0. The number of amides is 1. The minimum atomic E-state index is -0.297. The lowest BCUT2D eigenvalue weighted by Gasteiger charge is -2.28. The van der Waals surface area contributed by atoms with Crippen molar-refractivity contribution in [2.75, 3.05) is 12.3 Å². The first-order valence-electron chi connectivity index (χ1n) is 6.81. The maximum atomic E-state index is 13.0. The van der Waals surface area contributed by atoms with Crippen molar-refractivity contribution < 1.29 is 9.18 Å². The number of aromatic nitrogens is 1. The summed E-state index contributed by atoms with van der Waals surface area (Å²) in [4.78, 5) is 18.3. The van der Waals surface area contributed by atoms with E-state index in [4.69, 9.17) is 5.73 Å². The zero-order chi connectivity index (χ0) is 15.4. The van der Waals surface area contributed by atoms with Gasteiger partial charge >= 0.3 is 0 Å². The molecule has 4 nitrogen and oxygen atoms in total. The van der Waals surface area contributed by atoms with Crippen molar-refractivity contribution in [3.63, 3.8) is 0 Å². The van der Waals surface area contributed by atoms with Crippen LogP contribution < -0.4 is 5.73 Å². The number of hydrogen-bond acceptors (Lipinski definition) is 3. The minimum absolute atomic E-state index is 0.190. The van der Waals surface area contributed by atoms with Gasteiger partial charge in [-0.2, -0.15) is 0 Å². The third-order valence-electron chi connectivity index (χ3n) is 3.46. The Kier molecular flexibility index (Phi) is 4.52. The summed E-state index contributed by atoms with van der Waals surface area (Å²) in [6, 6.07) is 9.28. The van der Waals surface area contributed by atoms with Crippen LogP contribution in [0.5, 0.6) is 0 Å². The van der Waals surface area contributed by atoms with E-state index in [1.54, 1.807) is 35.4 Å². The Balaban J connectivity index is 2.29. The van der Waals surface area contributed by atoms with E-state index in [1.807, 2.05) is 13.8 Å². The molecule has 2 rings (SSSR count). The van der Waals surface area contributed by atoms with Gasteiger partial charge in [-0.15, -0.1) is 0 Å². The molecule has 0 aliphatic carbocycles. The summed E-state index contributed by atoms with van der Waals surface area (Å²) < 4.78 is 13.0. The van der Waals surface area contributed by atoms with E-state index in [-0.39, 0.29) is 23.5 Å². The Morgan fingerprint density at radius 1 is 1.33 bits per heavy atom. The maximum Gasteiger partial charge on any atom is 0.275 e. The highest BCUT2D eigenvalue weighted by Crippen LogP contribution is 2.23. The molecule has 2 aromatic rings. The molecule has 2 N–H and O–H groups in total. The van der Waals surface area contributed by atoms with Gasteiger partial charge < -0.3 is 10.6 Å². The molecular weight excluding hydrogens is 269 g/mol. The predicted octanol–water partition coefficient (Wildman–Crippen LogP) is 3.03. The zero-order valence-corrected chi connectivity index (χ0v) is 12.1. The van der Waals surface area contributed by atoms with E-state index in [0.29, 0.717) is 12.2 Å². The Labute approximate surface area is 123 Å². The van der Waals surface area contributed by atoms with Gasteiger partial charge in [-0.1, -0.05) is 12.1 Å². The molecule has 0 fully saturated rings. The monoisotopic (exact) mass is 287 g/mol. The molecule has 0 bridgehead atoms. The van der Waals surface area contributed by atoms with E-state index in [0.717, 1.165) is 5.56 Å².